The Morgan fingerprint density at radius 2 is 1.81 bits per heavy atom. The first-order valence-corrected chi connectivity index (χ1v) is 8.93. The van der Waals surface area contributed by atoms with Crippen molar-refractivity contribution in [3.8, 4) is 0 Å². The summed E-state index contributed by atoms with van der Waals surface area (Å²) in [5.74, 6) is 0.419. The molecule has 0 saturated carbocycles. The van der Waals surface area contributed by atoms with E-state index in [1.807, 2.05) is 47.8 Å². The third-order valence-electron chi connectivity index (χ3n) is 2.82. The number of carbonyl (C=O) groups excluding carboxylic acids is 1. The van der Waals surface area contributed by atoms with Crippen molar-refractivity contribution in [1.29, 1.82) is 0 Å². The number of amides is 2. The van der Waals surface area contributed by atoms with Crippen LogP contribution in [0.3, 0.4) is 0 Å². The van der Waals surface area contributed by atoms with E-state index in [2.05, 4.69) is 10.6 Å². The molecule has 1 heterocycles. The molecule has 2 rings (SSSR count). The maximum absolute atomic E-state index is 11.9. The van der Waals surface area contributed by atoms with Crippen molar-refractivity contribution in [2.45, 2.75) is 11.3 Å². The summed E-state index contributed by atoms with van der Waals surface area (Å²) < 4.78 is 11.9. The van der Waals surface area contributed by atoms with Crippen LogP contribution in [0.15, 0.2) is 52.7 Å². The number of carbonyl (C=O) groups is 1. The second-order valence-electron chi connectivity index (χ2n) is 4.37. The van der Waals surface area contributed by atoms with Crippen molar-refractivity contribution in [2.24, 2.45) is 0 Å². The minimum atomic E-state index is -1.07. The zero-order valence-corrected chi connectivity index (χ0v) is 13.2. The fraction of sp³-hybridized carbons (Fsp3) is 0.267. The molecule has 0 aliphatic carbocycles. The van der Waals surface area contributed by atoms with Gasteiger partial charge in [0, 0.05) is 28.6 Å². The largest absolute Gasteiger partial charge is 0.338 e. The Kier molecular flexibility index (Phi) is 6.43. The van der Waals surface area contributed by atoms with Crippen LogP contribution in [-0.4, -0.2) is 29.1 Å². The lowest BCUT2D eigenvalue weighted by Crippen LogP contribution is -2.38. The summed E-state index contributed by atoms with van der Waals surface area (Å²) in [4.78, 5) is 13.6. The normalized spacial score (nSPS) is 11.8. The molecule has 6 heteroatoms. The molecule has 0 spiro atoms. The minimum Gasteiger partial charge on any atom is -0.338 e. The van der Waals surface area contributed by atoms with E-state index in [1.54, 1.807) is 11.3 Å². The van der Waals surface area contributed by atoms with Crippen LogP contribution >= 0.6 is 11.3 Å². The zero-order valence-electron chi connectivity index (χ0n) is 11.6. The fourth-order valence-electron chi connectivity index (χ4n) is 1.76. The van der Waals surface area contributed by atoms with Crippen LogP contribution < -0.4 is 10.6 Å². The lowest BCUT2D eigenvalue weighted by atomic mass is 10.3. The molecule has 0 fully saturated rings. The molecule has 0 aliphatic rings. The van der Waals surface area contributed by atoms with Crippen LogP contribution in [0.5, 0.6) is 0 Å². The highest BCUT2D eigenvalue weighted by atomic mass is 32.2. The van der Waals surface area contributed by atoms with Crippen LogP contribution in [0, 0.1) is 0 Å². The maximum atomic E-state index is 11.9. The molecule has 0 unspecified atom stereocenters. The number of nitrogens with one attached hydrogen (secondary N) is 2. The van der Waals surface area contributed by atoms with Gasteiger partial charge in [-0.05, 0) is 30.0 Å². The molecule has 0 bridgehead atoms. The van der Waals surface area contributed by atoms with Crippen molar-refractivity contribution < 1.29 is 9.00 Å². The van der Waals surface area contributed by atoms with Gasteiger partial charge in [-0.25, -0.2) is 4.79 Å². The third kappa shape index (κ3) is 5.69. The summed E-state index contributed by atoms with van der Waals surface area (Å²) >= 11 is 1.68. The first kappa shape index (κ1) is 15.7. The summed E-state index contributed by atoms with van der Waals surface area (Å²) in [6.07, 6.45) is 0.834. The second kappa shape index (κ2) is 8.59. The Morgan fingerprint density at radius 1 is 1.05 bits per heavy atom. The van der Waals surface area contributed by atoms with Crippen molar-refractivity contribution in [3.63, 3.8) is 0 Å². The van der Waals surface area contributed by atoms with Gasteiger partial charge in [-0.3, -0.25) is 4.21 Å². The van der Waals surface area contributed by atoms with E-state index in [4.69, 9.17) is 0 Å². The van der Waals surface area contributed by atoms with Crippen molar-refractivity contribution >= 4 is 28.2 Å². The SMILES string of the molecule is O=C(NCCc1cccs1)NCC[S@@](=O)c1ccccc1. The standard InChI is InChI=1S/C15H18N2O2S2/c18-15(16-9-8-13-5-4-11-20-13)17-10-12-21(19)14-6-2-1-3-7-14/h1-7,11H,8-10,12H2,(H2,16,17,18)/t21-/m1/s1. The number of benzene rings is 1. The van der Waals surface area contributed by atoms with E-state index in [0.717, 1.165) is 11.3 Å². The molecular formula is C15H18N2O2S2. The van der Waals surface area contributed by atoms with Crippen molar-refractivity contribution in [2.75, 3.05) is 18.8 Å². The van der Waals surface area contributed by atoms with Crippen LogP contribution in [0.2, 0.25) is 0 Å². The lowest BCUT2D eigenvalue weighted by molar-refractivity contribution is 0.241. The van der Waals surface area contributed by atoms with Gasteiger partial charge in [0.05, 0.1) is 10.8 Å². The average Bonchev–Trinajstić information content (AvgIpc) is 3.01. The molecule has 112 valence electrons. The van der Waals surface area contributed by atoms with Gasteiger partial charge in [-0.1, -0.05) is 24.3 Å². The van der Waals surface area contributed by atoms with E-state index in [-0.39, 0.29) is 6.03 Å². The number of thiophene rings is 1. The average molecular weight is 322 g/mol. The first-order valence-electron chi connectivity index (χ1n) is 6.73. The monoisotopic (exact) mass is 322 g/mol. The van der Waals surface area contributed by atoms with Crippen molar-refractivity contribution in [3.05, 3.63) is 52.7 Å². The Hall–Kier alpha value is -1.66. The number of hydrogen-bond acceptors (Lipinski definition) is 3. The second-order valence-corrected chi connectivity index (χ2v) is 6.98. The fourth-order valence-corrected chi connectivity index (χ4v) is 3.46. The summed E-state index contributed by atoms with van der Waals surface area (Å²) in [5, 5.41) is 7.54. The molecule has 1 aromatic carbocycles. The van der Waals surface area contributed by atoms with E-state index in [9.17, 15) is 9.00 Å². The van der Waals surface area contributed by atoms with Gasteiger partial charge in [0.15, 0.2) is 0 Å². The number of rotatable bonds is 7. The van der Waals surface area contributed by atoms with Gasteiger partial charge in [0.2, 0.25) is 0 Å². The third-order valence-corrected chi connectivity index (χ3v) is 5.13. The van der Waals surface area contributed by atoms with Crippen LogP contribution in [0.4, 0.5) is 4.79 Å². The number of urea groups is 1. The molecule has 0 saturated heterocycles. The van der Waals surface area contributed by atoms with E-state index in [1.165, 1.54) is 4.88 Å². The Labute approximate surface area is 131 Å². The summed E-state index contributed by atoms with van der Waals surface area (Å²) in [6.45, 7) is 1.00. The summed E-state index contributed by atoms with van der Waals surface area (Å²) in [7, 11) is -1.07. The molecule has 1 atom stereocenters. The highest BCUT2D eigenvalue weighted by molar-refractivity contribution is 7.85. The van der Waals surface area contributed by atoms with Gasteiger partial charge in [-0.2, -0.15) is 0 Å². The van der Waals surface area contributed by atoms with Gasteiger partial charge in [0.25, 0.3) is 0 Å². The Bertz CT molecular complexity index is 571. The van der Waals surface area contributed by atoms with Gasteiger partial charge in [0.1, 0.15) is 0 Å². The lowest BCUT2D eigenvalue weighted by Gasteiger charge is -2.07. The Morgan fingerprint density at radius 3 is 2.52 bits per heavy atom. The predicted molar refractivity (Wildman–Crippen MR) is 87.1 cm³/mol. The highest BCUT2D eigenvalue weighted by Gasteiger charge is 2.04. The molecular weight excluding hydrogens is 304 g/mol. The van der Waals surface area contributed by atoms with Gasteiger partial charge < -0.3 is 10.6 Å². The molecule has 2 aromatic rings. The topological polar surface area (TPSA) is 58.2 Å². The molecule has 2 N–H and O–H groups in total. The van der Waals surface area contributed by atoms with Crippen LogP contribution in [-0.2, 0) is 17.2 Å². The minimum absolute atomic E-state index is 0.211. The highest BCUT2D eigenvalue weighted by Crippen LogP contribution is 2.08. The Balaban J connectivity index is 1.60. The first-order chi connectivity index (χ1) is 10.3. The molecule has 1 aromatic heterocycles. The smallest absolute Gasteiger partial charge is 0.314 e. The maximum Gasteiger partial charge on any atom is 0.314 e. The summed E-state index contributed by atoms with van der Waals surface area (Å²) in [5.41, 5.74) is 0. The van der Waals surface area contributed by atoms with E-state index >= 15 is 0 Å². The van der Waals surface area contributed by atoms with Crippen molar-refractivity contribution in [1.82, 2.24) is 10.6 Å². The molecule has 0 aliphatic heterocycles. The zero-order chi connectivity index (χ0) is 14.9. The van der Waals surface area contributed by atoms with Crippen LogP contribution in [0.25, 0.3) is 0 Å². The molecule has 4 nitrogen and oxygen atoms in total. The molecule has 2 amide bonds. The molecule has 21 heavy (non-hydrogen) atoms. The van der Waals surface area contributed by atoms with Crippen LogP contribution in [0.1, 0.15) is 4.88 Å². The molecule has 0 radical (unpaired) electrons. The van der Waals surface area contributed by atoms with Gasteiger partial charge in [-0.15, -0.1) is 11.3 Å². The van der Waals surface area contributed by atoms with E-state index in [0.29, 0.717) is 18.8 Å². The predicted octanol–water partition coefficient (Wildman–Crippen LogP) is 2.40. The quantitative estimate of drug-likeness (QED) is 0.822. The van der Waals surface area contributed by atoms with E-state index < -0.39 is 10.8 Å². The number of hydrogen-bond donors (Lipinski definition) is 2. The summed E-state index contributed by atoms with van der Waals surface area (Å²) in [6, 6.07) is 13.1. The van der Waals surface area contributed by atoms with Gasteiger partial charge >= 0.3 is 6.03 Å².